The summed E-state index contributed by atoms with van der Waals surface area (Å²) in [6.45, 7) is 2.37. The van der Waals surface area contributed by atoms with Crippen molar-refractivity contribution in [3.05, 3.63) is 11.5 Å². The molecule has 0 radical (unpaired) electrons. The van der Waals surface area contributed by atoms with E-state index in [0.29, 0.717) is 0 Å². The molecule has 1 aliphatic heterocycles. The number of allylic oxidation sites excluding steroid dienone is 1. The van der Waals surface area contributed by atoms with Crippen molar-refractivity contribution in [2.75, 3.05) is 13.7 Å². The van der Waals surface area contributed by atoms with Crippen LogP contribution in [0, 0.1) is 0 Å². The number of esters is 1. The van der Waals surface area contributed by atoms with Gasteiger partial charge in [-0.15, -0.1) is 0 Å². The first kappa shape index (κ1) is 11.5. The molecule has 0 aromatic rings. The highest BCUT2D eigenvalue weighted by Gasteiger charge is 2.47. The first-order valence-corrected chi connectivity index (χ1v) is 4.33. The fraction of sp³-hybridized carbons (Fsp3) is 0.556. The number of hydrogen-bond donors (Lipinski definition) is 2. The molecule has 0 amide bonds. The van der Waals surface area contributed by atoms with Gasteiger partial charge < -0.3 is 19.8 Å². The SMILES string of the molecule is COC(=O)CN1C(C)=C(O)C(=O)C1(C)O. The number of ether oxygens (including phenoxy) is 1. The van der Waals surface area contributed by atoms with Crippen molar-refractivity contribution in [2.45, 2.75) is 19.6 Å². The molecular weight excluding hydrogens is 202 g/mol. The van der Waals surface area contributed by atoms with E-state index in [4.69, 9.17) is 0 Å². The summed E-state index contributed by atoms with van der Waals surface area (Å²) in [5.74, 6) is -1.94. The minimum absolute atomic E-state index is 0.162. The predicted molar refractivity (Wildman–Crippen MR) is 49.7 cm³/mol. The van der Waals surface area contributed by atoms with Gasteiger partial charge >= 0.3 is 5.97 Å². The van der Waals surface area contributed by atoms with E-state index in [9.17, 15) is 19.8 Å². The van der Waals surface area contributed by atoms with Gasteiger partial charge in [0.05, 0.1) is 12.8 Å². The van der Waals surface area contributed by atoms with E-state index in [0.717, 1.165) is 4.90 Å². The Bertz CT molecular complexity index is 344. The third-order valence-electron chi connectivity index (χ3n) is 2.43. The molecule has 0 aliphatic carbocycles. The van der Waals surface area contributed by atoms with Gasteiger partial charge in [0.15, 0.2) is 5.76 Å². The zero-order chi connectivity index (χ0) is 11.8. The summed E-state index contributed by atoms with van der Waals surface area (Å²) in [4.78, 5) is 23.5. The number of aliphatic hydroxyl groups excluding tert-OH is 1. The van der Waals surface area contributed by atoms with Crippen LogP contribution >= 0.6 is 0 Å². The highest BCUT2D eigenvalue weighted by atomic mass is 16.5. The normalized spacial score (nSPS) is 26.1. The molecule has 0 spiro atoms. The molecule has 0 aromatic carbocycles. The van der Waals surface area contributed by atoms with Crippen LogP contribution in [-0.4, -0.2) is 46.2 Å². The zero-order valence-electron chi connectivity index (χ0n) is 8.77. The number of ketones is 1. The maximum Gasteiger partial charge on any atom is 0.325 e. The van der Waals surface area contributed by atoms with E-state index in [1.165, 1.54) is 21.0 Å². The summed E-state index contributed by atoms with van der Waals surface area (Å²) in [5.41, 5.74) is -1.72. The summed E-state index contributed by atoms with van der Waals surface area (Å²) in [5, 5.41) is 19.1. The van der Waals surface area contributed by atoms with Crippen molar-refractivity contribution < 1.29 is 24.5 Å². The average Bonchev–Trinajstić information content (AvgIpc) is 2.33. The van der Waals surface area contributed by atoms with Crippen molar-refractivity contribution in [3.63, 3.8) is 0 Å². The maximum absolute atomic E-state index is 11.4. The van der Waals surface area contributed by atoms with Crippen LogP contribution in [0.4, 0.5) is 0 Å². The predicted octanol–water partition coefficient (Wildman–Crippen LogP) is -0.458. The van der Waals surface area contributed by atoms with E-state index in [1.54, 1.807) is 0 Å². The fourth-order valence-corrected chi connectivity index (χ4v) is 1.43. The van der Waals surface area contributed by atoms with Crippen LogP contribution in [0.2, 0.25) is 0 Å². The Balaban J connectivity index is 2.98. The van der Waals surface area contributed by atoms with Crippen molar-refractivity contribution in [2.24, 2.45) is 0 Å². The molecule has 1 aliphatic rings. The summed E-state index contributed by atoms with van der Waals surface area (Å²) in [7, 11) is 1.20. The smallest absolute Gasteiger partial charge is 0.325 e. The lowest BCUT2D eigenvalue weighted by atomic mass is 10.1. The van der Waals surface area contributed by atoms with Gasteiger partial charge in [0.1, 0.15) is 6.54 Å². The van der Waals surface area contributed by atoms with E-state index in [-0.39, 0.29) is 12.2 Å². The number of nitrogens with zero attached hydrogens (tertiary/aromatic N) is 1. The summed E-state index contributed by atoms with van der Waals surface area (Å²) in [6, 6.07) is 0. The van der Waals surface area contributed by atoms with Gasteiger partial charge in [-0.2, -0.15) is 0 Å². The zero-order valence-corrected chi connectivity index (χ0v) is 8.77. The quantitative estimate of drug-likeness (QED) is 0.606. The lowest BCUT2D eigenvalue weighted by Gasteiger charge is -2.30. The minimum atomic E-state index is -1.89. The summed E-state index contributed by atoms with van der Waals surface area (Å²) in [6.07, 6.45) is 0. The first-order valence-electron chi connectivity index (χ1n) is 4.33. The molecule has 1 heterocycles. The topological polar surface area (TPSA) is 87.1 Å². The van der Waals surface area contributed by atoms with Gasteiger partial charge in [-0.05, 0) is 13.8 Å². The Morgan fingerprint density at radius 1 is 1.60 bits per heavy atom. The Morgan fingerprint density at radius 3 is 2.47 bits per heavy atom. The van der Waals surface area contributed by atoms with Crippen LogP contribution in [-0.2, 0) is 14.3 Å². The number of rotatable bonds is 2. The molecule has 1 rings (SSSR count). The molecule has 1 atom stereocenters. The second kappa shape index (κ2) is 3.54. The number of hydrogen-bond acceptors (Lipinski definition) is 6. The molecule has 2 N–H and O–H groups in total. The van der Waals surface area contributed by atoms with Crippen molar-refractivity contribution in [1.82, 2.24) is 4.90 Å². The lowest BCUT2D eigenvalue weighted by Crippen LogP contribution is -2.48. The average molecular weight is 215 g/mol. The second-order valence-corrected chi connectivity index (χ2v) is 3.45. The number of carbonyl (C=O) groups excluding carboxylic acids is 2. The molecule has 15 heavy (non-hydrogen) atoms. The van der Waals surface area contributed by atoms with Gasteiger partial charge in [-0.1, -0.05) is 0 Å². The first-order chi connectivity index (χ1) is 6.82. The highest BCUT2D eigenvalue weighted by molar-refractivity contribution is 6.02. The van der Waals surface area contributed by atoms with E-state index >= 15 is 0 Å². The molecule has 6 heteroatoms. The van der Waals surface area contributed by atoms with Crippen LogP contribution in [0.5, 0.6) is 0 Å². The van der Waals surface area contributed by atoms with Gasteiger partial charge in [-0.25, -0.2) is 0 Å². The largest absolute Gasteiger partial charge is 0.503 e. The number of carbonyl (C=O) groups is 2. The maximum atomic E-state index is 11.4. The number of Topliss-reactive ketones (excluding diaryl/α,β-unsaturated/α-hetero) is 1. The van der Waals surface area contributed by atoms with Gasteiger partial charge in [0.2, 0.25) is 5.72 Å². The second-order valence-electron chi connectivity index (χ2n) is 3.45. The van der Waals surface area contributed by atoms with Gasteiger partial charge in [-0.3, -0.25) is 9.59 Å². The van der Waals surface area contributed by atoms with Crippen LogP contribution in [0.1, 0.15) is 13.8 Å². The van der Waals surface area contributed by atoms with Crippen molar-refractivity contribution in [1.29, 1.82) is 0 Å². The fourth-order valence-electron chi connectivity index (χ4n) is 1.43. The van der Waals surface area contributed by atoms with E-state index in [1.807, 2.05) is 0 Å². The molecule has 84 valence electrons. The number of methoxy groups -OCH3 is 1. The Kier molecular flexibility index (Phi) is 2.72. The van der Waals surface area contributed by atoms with E-state index in [2.05, 4.69) is 4.74 Å². The third-order valence-corrected chi connectivity index (χ3v) is 2.43. The van der Waals surface area contributed by atoms with Crippen LogP contribution < -0.4 is 0 Å². The monoisotopic (exact) mass is 215 g/mol. The van der Waals surface area contributed by atoms with Gasteiger partial charge in [0, 0.05) is 0 Å². The van der Waals surface area contributed by atoms with Crippen molar-refractivity contribution in [3.8, 4) is 0 Å². The third kappa shape index (κ3) is 1.68. The molecule has 6 nitrogen and oxygen atoms in total. The number of aliphatic hydroxyl groups is 2. The van der Waals surface area contributed by atoms with E-state index < -0.39 is 23.2 Å². The minimum Gasteiger partial charge on any atom is -0.503 e. The molecule has 1 unspecified atom stereocenters. The molecule has 0 fully saturated rings. The van der Waals surface area contributed by atoms with Crippen molar-refractivity contribution >= 4 is 11.8 Å². The molecule has 0 bridgehead atoms. The summed E-state index contributed by atoms with van der Waals surface area (Å²) < 4.78 is 4.42. The molecular formula is C9H13NO5. The Labute approximate surface area is 86.7 Å². The van der Waals surface area contributed by atoms with Gasteiger partial charge in [0.25, 0.3) is 5.78 Å². The molecule has 0 saturated carbocycles. The van der Waals surface area contributed by atoms with Crippen LogP contribution in [0.15, 0.2) is 11.5 Å². The van der Waals surface area contributed by atoms with Crippen LogP contribution in [0.25, 0.3) is 0 Å². The molecule has 0 saturated heterocycles. The lowest BCUT2D eigenvalue weighted by molar-refractivity contribution is -0.154. The standard InChI is InChI=1S/C9H13NO5/c1-5-7(12)8(13)9(2,14)10(5)4-6(11)15-3/h12,14H,4H2,1-3H3. The highest BCUT2D eigenvalue weighted by Crippen LogP contribution is 2.30. The summed E-state index contributed by atoms with van der Waals surface area (Å²) >= 11 is 0. The van der Waals surface area contributed by atoms with Crippen LogP contribution in [0.3, 0.4) is 0 Å². The Morgan fingerprint density at radius 2 is 2.13 bits per heavy atom. The molecule has 0 aromatic heterocycles. The Hall–Kier alpha value is -1.56.